The van der Waals surface area contributed by atoms with Crippen LogP contribution in [0.2, 0.25) is 0 Å². The van der Waals surface area contributed by atoms with E-state index in [0.717, 1.165) is 39.0 Å². The number of aryl methyl sites for hydroxylation is 1. The average molecular weight is 399 g/mol. The maximum absolute atomic E-state index is 12.0. The Kier molecular flexibility index (Phi) is 5.44. The summed E-state index contributed by atoms with van der Waals surface area (Å²) in [5.41, 5.74) is 6.05. The minimum atomic E-state index is -0.106. The standard InChI is InChI=1S/C25H25N3O2/c1-16-8-13-19(30-3)14-23(16)28-24(17-9-11-18(12-10-17)25(29)26-2)21-15-27-22-7-5-4-6-20(21)22/h4-15,24,27-28H,1-3H3,(H,26,29). The van der Waals surface area contributed by atoms with Crippen molar-refractivity contribution < 1.29 is 9.53 Å². The zero-order valence-electron chi connectivity index (χ0n) is 17.3. The molecule has 0 aliphatic heterocycles. The van der Waals surface area contributed by atoms with Gasteiger partial charge in [0.2, 0.25) is 0 Å². The third-order valence-corrected chi connectivity index (χ3v) is 5.41. The molecule has 1 unspecified atom stereocenters. The lowest BCUT2D eigenvalue weighted by atomic mass is 9.96. The molecule has 1 aromatic heterocycles. The molecule has 5 heteroatoms. The van der Waals surface area contributed by atoms with Crippen molar-refractivity contribution in [2.45, 2.75) is 13.0 Å². The molecule has 0 radical (unpaired) electrons. The number of ether oxygens (including phenoxy) is 1. The van der Waals surface area contributed by atoms with Crippen LogP contribution in [0.4, 0.5) is 5.69 Å². The molecule has 0 aliphatic carbocycles. The number of carbonyl (C=O) groups excluding carboxylic acids is 1. The Morgan fingerprint density at radius 1 is 1.03 bits per heavy atom. The molecule has 0 spiro atoms. The van der Waals surface area contributed by atoms with Crippen molar-refractivity contribution in [3.63, 3.8) is 0 Å². The van der Waals surface area contributed by atoms with Gasteiger partial charge in [-0.1, -0.05) is 36.4 Å². The Balaban J connectivity index is 1.80. The second kappa shape index (κ2) is 8.33. The lowest BCUT2D eigenvalue weighted by molar-refractivity contribution is 0.0963. The number of H-pyrrole nitrogens is 1. The number of rotatable bonds is 6. The highest BCUT2D eigenvalue weighted by Crippen LogP contribution is 2.34. The molecule has 0 saturated carbocycles. The minimum Gasteiger partial charge on any atom is -0.497 e. The maximum atomic E-state index is 12.0. The number of methoxy groups -OCH3 is 1. The predicted molar refractivity (Wildman–Crippen MR) is 121 cm³/mol. The van der Waals surface area contributed by atoms with Gasteiger partial charge in [0.05, 0.1) is 13.2 Å². The Hall–Kier alpha value is -3.73. The molecule has 0 aliphatic rings. The molecule has 0 fully saturated rings. The molecule has 4 aromatic rings. The van der Waals surface area contributed by atoms with E-state index >= 15 is 0 Å². The number of amides is 1. The predicted octanol–water partition coefficient (Wildman–Crippen LogP) is 5.05. The van der Waals surface area contributed by atoms with Crippen LogP contribution >= 0.6 is 0 Å². The lowest BCUT2D eigenvalue weighted by Gasteiger charge is -2.22. The average Bonchev–Trinajstić information content (AvgIpc) is 3.22. The van der Waals surface area contributed by atoms with Gasteiger partial charge in [-0.3, -0.25) is 4.79 Å². The van der Waals surface area contributed by atoms with E-state index in [0.29, 0.717) is 5.56 Å². The Morgan fingerprint density at radius 3 is 2.53 bits per heavy atom. The SMILES string of the molecule is CNC(=O)c1ccc(C(Nc2cc(OC)ccc2C)c2c[nH]c3ccccc23)cc1. The van der Waals surface area contributed by atoms with E-state index in [2.05, 4.69) is 34.7 Å². The smallest absolute Gasteiger partial charge is 0.251 e. The van der Waals surface area contributed by atoms with E-state index in [-0.39, 0.29) is 11.9 Å². The summed E-state index contributed by atoms with van der Waals surface area (Å²) in [6.07, 6.45) is 2.05. The Bertz CT molecular complexity index is 1180. The molecule has 0 saturated heterocycles. The monoisotopic (exact) mass is 399 g/mol. The summed E-state index contributed by atoms with van der Waals surface area (Å²) in [5, 5.41) is 7.52. The molecule has 0 bridgehead atoms. The number of anilines is 1. The van der Waals surface area contributed by atoms with Crippen molar-refractivity contribution in [3.05, 3.63) is 95.2 Å². The molecular weight excluding hydrogens is 374 g/mol. The number of aromatic amines is 1. The fraction of sp³-hybridized carbons (Fsp3) is 0.160. The number of benzene rings is 3. The van der Waals surface area contributed by atoms with Crippen LogP contribution in [0.3, 0.4) is 0 Å². The van der Waals surface area contributed by atoms with Gasteiger partial charge in [-0.05, 0) is 42.3 Å². The number of hydrogen-bond donors (Lipinski definition) is 3. The summed E-state index contributed by atoms with van der Waals surface area (Å²) in [6, 6.07) is 21.9. The molecular formula is C25H25N3O2. The van der Waals surface area contributed by atoms with Crippen LogP contribution in [-0.2, 0) is 0 Å². The summed E-state index contributed by atoms with van der Waals surface area (Å²) >= 11 is 0. The van der Waals surface area contributed by atoms with Crippen molar-refractivity contribution in [3.8, 4) is 5.75 Å². The summed E-state index contributed by atoms with van der Waals surface area (Å²) in [5.74, 6) is 0.706. The highest BCUT2D eigenvalue weighted by molar-refractivity contribution is 5.94. The third-order valence-electron chi connectivity index (χ3n) is 5.41. The molecule has 3 N–H and O–H groups in total. The van der Waals surface area contributed by atoms with Gasteiger partial charge in [0.1, 0.15) is 5.75 Å². The van der Waals surface area contributed by atoms with E-state index in [4.69, 9.17) is 4.74 Å². The quantitative estimate of drug-likeness (QED) is 0.425. The molecule has 4 rings (SSSR count). The zero-order valence-corrected chi connectivity index (χ0v) is 17.3. The number of carbonyl (C=O) groups is 1. The van der Waals surface area contributed by atoms with Gasteiger partial charge >= 0.3 is 0 Å². The van der Waals surface area contributed by atoms with E-state index in [1.807, 2.05) is 60.8 Å². The zero-order chi connectivity index (χ0) is 21.1. The number of para-hydroxylation sites is 1. The summed E-state index contributed by atoms with van der Waals surface area (Å²) < 4.78 is 5.42. The van der Waals surface area contributed by atoms with Crippen molar-refractivity contribution >= 4 is 22.5 Å². The second-order valence-corrected chi connectivity index (χ2v) is 7.25. The minimum absolute atomic E-state index is 0.0956. The van der Waals surface area contributed by atoms with E-state index in [1.54, 1.807) is 14.2 Å². The highest BCUT2D eigenvalue weighted by Gasteiger charge is 2.19. The molecule has 1 amide bonds. The van der Waals surface area contributed by atoms with Crippen molar-refractivity contribution in [2.75, 3.05) is 19.5 Å². The van der Waals surface area contributed by atoms with Crippen LogP contribution in [0.15, 0.2) is 72.9 Å². The third kappa shape index (κ3) is 3.74. The van der Waals surface area contributed by atoms with Crippen LogP contribution in [0.5, 0.6) is 5.75 Å². The topological polar surface area (TPSA) is 66.2 Å². The van der Waals surface area contributed by atoms with Gasteiger partial charge in [-0.2, -0.15) is 0 Å². The highest BCUT2D eigenvalue weighted by atomic mass is 16.5. The summed E-state index contributed by atoms with van der Waals surface area (Å²) in [6.45, 7) is 2.07. The first kappa shape index (κ1) is 19.6. The van der Waals surface area contributed by atoms with Gasteiger partial charge in [0.15, 0.2) is 0 Å². The van der Waals surface area contributed by atoms with E-state index in [1.165, 1.54) is 0 Å². The normalized spacial score (nSPS) is 11.8. The first-order chi connectivity index (χ1) is 14.6. The second-order valence-electron chi connectivity index (χ2n) is 7.25. The molecule has 1 atom stereocenters. The van der Waals surface area contributed by atoms with Gasteiger partial charge in [-0.25, -0.2) is 0 Å². The number of aromatic nitrogens is 1. The van der Waals surface area contributed by atoms with Gasteiger partial charge < -0.3 is 20.4 Å². The maximum Gasteiger partial charge on any atom is 0.251 e. The van der Waals surface area contributed by atoms with E-state index < -0.39 is 0 Å². The molecule has 3 aromatic carbocycles. The molecule has 1 heterocycles. The van der Waals surface area contributed by atoms with E-state index in [9.17, 15) is 4.79 Å². The largest absolute Gasteiger partial charge is 0.497 e. The van der Waals surface area contributed by atoms with Crippen LogP contribution in [0.25, 0.3) is 10.9 Å². The summed E-state index contributed by atoms with van der Waals surface area (Å²) in [7, 11) is 3.31. The Morgan fingerprint density at radius 2 is 1.80 bits per heavy atom. The lowest BCUT2D eigenvalue weighted by Crippen LogP contribution is -2.18. The van der Waals surface area contributed by atoms with Crippen LogP contribution in [0.1, 0.15) is 33.1 Å². The van der Waals surface area contributed by atoms with Crippen LogP contribution < -0.4 is 15.4 Å². The fourth-order valence-corrected chi connectivity index (χ4v) is 3.68. The van der Waals surface area contributed by atoms with Gasteiger partial charge in [0, 0.05) is 47.0 Å². The van der Waals surface area contributed by atoms with Gasteiger partial charge in [0.25, 0.3) is 5.91 Å². The van der Waals surface area contributed by atoms with Crippen molar-refractivity contribution in [1.82, 2.24) is 10.3 Å². The van der Waals surface area contributed by atoms with Crippen LogP contribution in [0, 0.1) is 6.92 Å². The van der Waals surface area contributed by atoms with Gasteiger partial charge in [-0.15, -0.1) is 0 Å². The first-order valence-electron chi connectivity index (χ1n) is 9.90. The molecule has 30 heavy (non-hydrogen) atoms. The molecule has 5 nitrogen and oxygen atoms in total. The number of nitrogens with one attached hydrogen (secondary N) is 3. The fourth-order valence-electron chi connectivity index (χ4n) is 3.68. The molecule has 152 valence electrons. The number of hydrogen-bond acceptors (Lipinski definition) is 3. The van der Waals surface area contributed by atoms with Crippen molar-refractivity contribution in [2.24, 2.45) is 0 Å². The summed E-state index contributed by atoms with van der Waals surface area (Å²) in [4.78, 5) is 15.3. The number of fused-ring (bicyclic) bond motifs is 1. The Labute approximate surface area is 176 Å². The van der Waals surface area contributed by atoms with Crippen LogP contribution in [-0.4, -0.2) is 25.0 Å². The first-order valence-corrected chi connectivity index (χ1v) is 9.90. The van der Waals surface area contributed by atoms with Crippen molar-refractivity contribution in [1.29, 1.82) is 0 Å².